The van der Waals surface area contributed by atoms with E-state index in [0.29, 0.717) is 27.1 Å². The first-order valence-electron chi connectivity index (χ1n) is 8.70. The lowest BCUT2D eigenvalue weighted by Crippen LogP contribution is -2.17. The Morgan fingerprint density at radius 2 is 1.83 bits per heavy atom. The van der Waals surface area contributed by atoms with Crippen molar-refractivity contribution in [2.45, 2.75) is 6.61 Å². The number of amides is 1. The highest BCUT2D eigenvalue weighted by Crippen LogP contribution is 2.29. The largest absolute Gasteiger partial charge is 0.493 e. The number of carbonyl (C=O) groups excluding carboxylic acids is 1. The molecule has 0 aliphatic carbocycles. The molecular weight excluding hydrogens is 411 g/mol. The van der Waals surface area contributed by atoms with Gasteiger partial charge < -0.3 is 9.47 Å². The molecule has 148 valence electrons. The molecule has 0 fully saturated rings. The van der Waals surface area contributed by atoms with Crippen molar-refractivity contribution in [3.63, 3.8) is 0 Å². The van der Waals surface area contributed by atoms with Crippen LogP contribution in [0.5, 0.6) is 11.5 Å². The molecule has 3 aromatic rings. The number of halogens is 2. The summed E-state index contributed by atoms with van der Waals surface area (Å²) in [4.78, 5) is 12.0. The van der Waals surface area contributed by atoms with Gasteiger partial charge in [0.25, 0.3) is 5.91 Å². The molecule has 0 heterocycles. The Morgan fingerprint density at radius 3 is 2.55 bits per heavy atom. The number of methoxy groups -OCH3 is 1. The molecule has 3 rings (SSSR count). The van der Waals surface area contributed by atoms with Crippen molar-refractivity contribution in [3.05, 3.63) is 93.5 Å². The normalized spacial score (nSPS) is 10.7. The van der Waals surface area contributed by atoms with Gasteiger partial charge in [-0.2, -0.15) is 5.10 Å². The van der Waals surface area contributed by atoms with Gasteiger partial charge in [0.05, 0.1) is 13.3 Å². The van der Waals surface area contributed by atoms with Gasteiger partial charge in [0.2, 0.25) is 0 Å². The predicted molar refractivity (Wildman–Crippen MR) is 115 cm³/mol. The van der Waals surface area contributed by atoms with Gasteiger partial charge in [-0.05, 0) is 48.0 Å². The van der Waals surface area contributed by atoms with Crippen LogP contribution >= 0.6 is 23.2 Å². The second kappa shape index (κ2) is 9.96. The maximum atomic E-state index is 12.0. The van der Waals surface area contributed by atoms with Crippen molar-refractivity contribution < 1.29 is 14.3 Å². The van der Waals surface area contributed by atoms with Crippen LogP contribution < -0.4 is 14.9 Å². The van der Waals surface area contributed by atoms with E-state index in [1.54, 1.807) is 61.7 Å². The SMILES string of the molecule is COc1ccc(/C=N\NC(=O)c2ccccc2)cc1OCc1ccc(Cl)cc1Cl. The van der Waals surface area contributed by atoms with Crippen LogP contribution in [-0.2, 0) is 6.61 Å². The number of hydrogen-bond acceptors (Lipinski definition) is 4. The Balaban J connectivity index is 1.68. The van der Waals surface area contributed by atoms with E-state index in [0.717, 1.165) is 11.1 Å². The van der Waals surface area contributed by atoms with Crippen LogP contribution in [0.25, 0.3) is 0 Å². The molecule has 0 saturated carbocycles. The number of nitrogens with one attached hydrogen (secondary N) is 1. The third-order valence-corrected chi connectivity index (χ3v) is 4.59. The van der Waals surface area contributed by atoms with Crippen molar-refractivity contribution in [2.24, 2.45) is 5.10 Å². The summed E-state index contributed by atoms with van der Waals surface area (Å²) in [5.74, 6) is 0.807. The summed E-state index contributed by atoms with van der Waals surface area (Å²) in [6.45, 7) is 0.248. The first-order valence-corrected chi connectivity index (χ1v) is 9.45. The van der Waals surface area contributed by atoms with Crippen molar-refractivity contribution in [1.82, 2.24) is 5.43 Å². The van der Waals surface area contributed by atoms with Crippen LogP contribution in [0, 0.1) is 0 Å². The minimum absolute atomic E-state index is 0.248. The van der Waals surface area contributed by atoms with Gasteiger partial charge in [-0.15, -0.1) is 0 Å². The Bertz CT molecular complexity index is 1020. The average Bonchev–Trinajstić information content (AvgIpc) is 2.74. The number of ether oxygens (including phenoxy) is 2. The predicted octanol–water partition coefficient (Wildman–Crippen LogP) is 5.34. The second-order valence-electron chi connectivity index (χ2n) is 6.00. The lowest BCUT2D eigenvalue weighted by molar-refractivity contribution is 0.0955. The topological polar surface area (TPSA) is 59.9 Å². The highest BCUT2D eigenvalue weighted by molar-refractivity contribution is 6.35. The summed E-state index contributed by atoms with van der Waals surface area (Å²) in [5.41, 5.74) is 4.56. The fourth-order valence-corrected chi connectivity index (χ4v) is 2.96. The number of nitrogens with zero attached hydrogens (tertiary/aromatic N) is 1. The molecule has 0 aromatic heterocycles. The van der Waals surface area contributed by atoms with Crippen LogP contribution in [0.3, 0.4) is 0 Å². The minimum Gasteiger partial charge on any atom is -0.493 e. The van der Waals surface area contributed by atoms with E-state index >= 15 is 0 Å². The summed E-state index contributed by atoms with van der Waals surface area (Å²) in [6, 6.07) is 19.4. The molecule has 1 amide bonds. The lowest BCUT2D eigenvalue weighted by Gasteiger charge is -2.12. The van der Waals surface area contributed by atoms with E-state index in [-0.39, 0.29) is 12.5 Å². The molecule has 0 bridgehead atoms. The monoisotopic (exact) mass is 428 g/mol. The molecule has 0 radical (unpaired) electrons. The van der Waals surface area contributed by atoms with Crippen molar-refractivity contribution in [1.29, 1.82) is 0 Å². The van der Waals surface area contributed by atoms with Crippen LogP contribution in [0.1, 0.15) is 21.5 Å². The van der Waals surface area contributed by atoms with Crippen LogP contribution in [0.2, 0.25) is 10.0 Å². The Labute approximate surface area is 178 Å². The molecule has 0 saturated heterocycles. The number of rotatable bonds is 7. The van der Waals surface area contributed by atoms with Gasteiger partial charge >= 0.3 is 0 Å². The van der Waals surface area contributed by atoms with E-state index in [9.17, 15) is 4.79 Å². The Kier molecular flexibility index (Phi) is 7.11. The lowest BCUT2D eigenvalue weighted by atomic mass is 10.2. The van der Waals surface area contributed by atoms with E-state index in [4.69, 9.17) is 32.7 Å². The van der Waals surface area contributed by atoms with Gasteiger partial charge in [-0.3, -0.25) is 4.79 Å². The number of benzene rings is 3. The van der Waals surface area contributed by atoms with Crippen molar-refractivity contribution in [2.75, 3.05) is 7.11 Å². The van der Waals surface area contributed by atoms with E-state index < -0.39 is 0 Å². The molecule has 0 aliphatic rings. The number of carbonyl (C=O) groups is 1. The Morgan fingerprint density at radius 1 is 1.03 bits per heavy atom. The Hall–Kier alpha value is -3.02. The highest BCUT2D eigenvalue weighted by Gasteiger charge is 2.08. The average molecular weight is 429 g/mol. The zero-order valence-corrected chi connectivity index (χ0v) is 17.1. The van der Waals surface area contributed by atoms with Gasteiger partial charge in [0, 0.05) is 21.2 Å². The standard InChI is InChI=1S/C22H18Cl2N2O3/c1-28-20-10-7-15(13-25-26-22(27)16-5-3-2-4-6-16)11-21(20)29-14-17-8-9-18(23)12-19(17)24/h2-13H,14H2,1H3,(H,26,27)/b25-13-. The van der Waals surface area contributed by atoms with Crippen molar-refractivity contribution in [3.8, 4) is 11.5 Å². The molecule has 0 spiro atoms. The quantitative estimate of drug-likeness (QED) is 0.407. The van der Waals surface area contributed by atoms with Crippen LogP contribution in [0.15, 0.2) is 71.8 Å². The molecule has 0 atom stereocenters. The smallest absolute Gasteiger partial charge is 0.271 e. The van der Waals surface area contributed by atoms with E-state index in [1.165, 1.54) is 6.21 Å². The van der Waals surface area contributed by atoms with Crippen molar-refractivity contribution >= 4 is 35.3 Å². The molecule has 29 heavy (non-hydrogen) atoms. The summed E-state index contributed by atoms with van der Waals surface area (Å²) in [7, 11) is 1.56. The molecule has 7 heteroatoms. The minimum atomic E-state index is -0.288. The number of hydrogen-bond donors (Lipinski definition) is 1. The molecule has 1 N–H and O–H groups in total. The van der Waals surface area contributed by atoms with Gasteiger partial charge in [0.15, 0.2) is 11.5 Å². The van der Waals surface area contributed by atoms with Crippen LogP contribution in [-0.4, -0.2) is 19.2 Å². The molecule has 5 nitrogen and oxygen atoms in total. The molecular formula is C22H18Cl2N2O3. The summed E-state index contributed by atoms with van der Waals surface area (Å²) in [6.07, 6.45) is 1.53. The zero-order chi connectivity index (χ0) is 20.6. The first kappa shape index (κ1) is 20.7. The second-order valence-corrected chi connectivity index (χ2v) is 6.84. The fraction of sp³-hybridized carbons (Fsp3) is 0.0909. The zero-order valence-electron chi connectivity index (χ0n) is 15.6. The maximum absolute atomic E-state index is 12.0. The van der Waals surface area contributed by atoms with Crippen LogP contribution in [0.4, 0.5) is 0 Å². The van der Waals surface area contributed by atoms with Gasteiger partial charge in [-0.1, -0.05) is 47.5 Å². The highest BCUT2D eigenvalue weighted by atomic mass is 35.5. The van der Waals surface area contributed by atoms with Gasteiger partial charge in [0.1, 0.15) is 6.61 Å². The molecule has 0 unspecified atom stereocenters. The van der Waals surface area contributed by atoms with Gasteiger partial charge in [-0.25, -0.2) is 5.43 Å². The summed E-state index contributed by atoms with van der Waals surface area (Å²) < 4.78 is 11.2. The van der Waals surface area contributed by atoms with E-state index in [1.807, 2.05) is 12.1 Å². The fourth-order valence-electron chi connectivity index (χ4n) is 2.50. The molecule has 0 aliphatic heterocycles. The summed E-state index contributed by atoms with van der Waals surface area (Å²) >= 11 is 12.1. The molecule has 3 aromatic carbocycles. The third kappa shape index (κ3) is 5.73. The van der Waals surface area contributed by atoms with E-state index in [2.05, 4.69) is 10.5 Å². The third-order valence-electron chi connectivity index (χ3n) is 4.00. The summed E-state index contributed by atoms with van der Waals surface area (Å²) in [5, 5.41) is 5.09. The number of hydrazone groups is 1. The maximum Gasteiger partial charge on any atom is 0.271 e. The first-order chi connectivity index (χ1) is 14.1.